The number of carbonyl (C=O) groups is 1. The summed E-state index contributed by atoms with van der Waals surface area (Å²) in [6.07, 6.45) is 4.85. The molecular formula is C22H35N5O3. The molecule has 1 aromatic heterocycles. The molecule has 8 nitrogen and oxygen atoms in total. The van der Waals surface area contributed by atoms with Gasteiger partial charge in [-0.05, 0) is 58.4 Å². The maximum Gasteiger partial charge on any atom is 0.407 e. The number of alkyl carbamates (subject to hydrolysis) is 1. The van der Waals surface area contributed by atoms with Crippen molar-refractivity contribution >= 4 is 12.1 Å². The summed E-state index contributed by atoms with van der Waals surface area (Å²) < 4.78 is 11.1. The molecule has 1 atom stereocenters. The Bertz CT molecular complexity index is 725. The van der Waals surface area contributed by atoms with Crippen LogP contribution in [0.4, 0.5) is 4.79 Å². The Hall–Kier alpha value is -2.51. The molecule has 0 aromatic carbocycles. The van der Waals surface area contributed by atoms with Gasteiger partial charge in [0.05, 0.1) is 19.2 Å². The Morgan fingerprint density at radius 1 is 1.30 bits per heavy atom. The van der Waals surface area contributed by atoms with E-state index in [-0.39, 0.29) is 12.1 Å². The zero-order chi connectivity index (χ0) is 21.6. The van der Waals surface area contributed by atoms with E-state index in [1.807, 2.05) is 39.1 Å². The van der Waals surface area contributed by atoms with E-state index in [4.69, 9.17) is 14.5 Å². The van der Waals surface area contributed by atoms with Crippen molar-refractivity contribution in [3.63, 3.8) is 0 Å². The highest BCUT2D eigenvalue weighted by Crippen LogP contribution is 2.29. The first-order valence-corrected chi connectivity index (χ1v) is 10.9. The predicted molar refractivity (Wildman–Crippen MR) is 117 cm³/mol. The number of aromatic nitrogens is 1. The lowest BCUT2D eigenvalue weighted by atomic mass is 10.2. The number of hydrogen-bond acceptors (Lipinski definition) is 5. The highest BCUT2D eigenvalue weighted by Gasteiger charge is 2.28. The van der Waals surface area contributed by atoms with Gasteiger partial charge in [0.1, 0.15) is 5.60 Å². The zero-order valence-electron chi connectivity index (χ0n) is 18.6. The molecule has 1 aromatic rings. The maximum absolute atomic E-state index is 12.0. The second-order valence-corrected chi connectivity index (χ2v) is 9.01. The van der Waals surface area contributed by atoms with Crippen molar-refractivity contribution < 1.29 is 14.3 Å². The van der Waals surface area contributed by atoms with Crippen molar-refractivity contribution in [3.05, 3.63) is 23.9 Å². The third-order valence-electron chi connectivity index (χ3n) is 4.92. The van der Waals surface area contributed by atoms with Crippen molar-refractivity contribution in [3.8, 4) is 5.88 Å². The van der Waals surface area contributed by atoms with Crippen LogP contribution in [-0.2, 0) is 11.3 Å². The summed E-state index contributed by atoms with van der Waals surface area (Å²) in [6, 6.07) is 3.98. The molecule has 0 radical (unpaired) electrons. The number of nitrogens with one attached hydrogen (secondary N) is 2. The van der Waals surface area contributed by atoms with Gasteiger partial charge >= 0.3 is 6.09 Å². The van der Waals surface area contributed by atoms with Crippen molar-refractivity contribution in [2.75, 3.05) is 26.2 Å². The second-order valence-electron chi connectivity index (χ2n) is 9.01. The van der Waals surface area contributed by atoms with E-state index >= 15 is 0 Å². The van der Waals surface area contributed by atoms with Gasteiger partial charge in [0, 0.05) is 31.9 Å². The van der Waals surface area contributed by atoms with Crippen molar-refractivity contribution in [1.29, 1.82) is 0 Å². The largest absolute Gasteiger partial charge is 0.477 e. The van der Waals surface area contributed by atoms with Gasteiger partial charge in [0.2, 0.25) is 5.88 Å². The lowest BCUT2D eigenvalue weighted by molar-refractivity contribution is 0.0507. The molecule has 2 fully saturated rings. The quantitative estimate of drug-likeness (QED) is 0.524. The lowest BCUT2D eigenvalue weighted by Crippen LogP contribution is -2.44. The topological polar surface area (TPSA) is 88.1 Å². The average Bonchev–Trinajstić information content (AvgIpc) is 3.40. The van der Waals surface area contributed by atoms with Crippen LogP contribution < -0.4 is 15.4 Å². The predicted octanol–water partition coefficient (Wildman–Crippen LogP) is 2.93. The smallest absolute Gasteiger partial charge is 0.407 e. The fourth-order valence-corrected chi connectivity index (χ4v) is 3.21. The highest BCUT2D eigenvalue weighted by atomic mass is 16.6. The third kappa shape index (κ3) is 7.39. The van der Waals surface area contributed by atoms with E-state index in [1.54, 1.807) is 0 Å². The van der Waals surface area contributed by atoms with Gasteiger partial charge in [-0.3, -0.25) is 0 Å². The van der Waals surface area contributed by atoms with Crippen LogP contribution in [0, 0.1) is 5.92 Å². The molecule has 2 aliphatic rings. The monoisotopic (exact) mass is 417 g/mol. The molecule has 30 heavy (non-hydrogen) atoms. The van der Waals surface area contributed by atoms with Gasteiger partial charge in [0.15, 0.2) is 5.96 Å². The molecule has 1 saturated carbocycles. The number of nitrogens with zero attached hydrogens (tertiary/aromatic N) is 3. The zero-order valence-corrected chi connectivity index (χ0v) is 18.6. The average molecular weight is 418 g/mol. The van der Waals surface area contributed by atoms with Gasteiger partial charge in [0.25, 0.3) is 0 Å². The molecule has 2 N–H and O–H groups in total. The number of ether oxygens (including phenoxy) is 2. The number of likely N-dealkylation sites (tertiary alicyclic amines) is 1. The van der Waals surface area contributed by atoms with Crippen LogP contribution in [0.2, 0.25) is 0 Å². The first-order valence-electron chi connectivity index (χ1n) is 10.9. The maximum atomic E-state index is 12.0. The van der Waals surface area contributed by atoms with Crippen LogP contribution in [0.5, 0.6) is 5.88 Å². The minimum atomic E-state index is -0.495. The van der Waals surface area contributed by atoms with Crippen LogP contribution in [-0.4, -0.2) is 59.8 Å². The lowest BCUT2D eigenvalue weighted by Gasteiger charge is -2.23. The summed E-state index contributed by atoms with van der Waals surface area (Å²) in [5.41, 5.74) is 0.539. The molecular weight excluding hydrogens is 382 g/mol. The van der Waals surface area contributed by atoms with Gasteiger partial charge in [-0.25, -0.2) is 14.8 Å². The summed E-state index contributed by atoms with van der Waals surface area (Å²) in [7, 11) is 0. The SMILES string of the molecule is CCNC(=NCc1ccc(OCC2CC2)nc1)N1CCC(NC(=O)OC(C)(C)C)C1. The number of pyridine rings is 1. The first kappa shape index (κ1) is 22.2. The molecule has 3 rings (SSSR count). The van der Waals surface area contributed by atoms with Crippen molar-refractivity contribution in [2.24, 2.45) is 10.9 Å². The minimum absolute atomic E-state index is 0.0493. The van der Waals surface area contributed by atoms with Gasteiger partial charge in [-0.1, -0.05) is 6.07 Å². The molecule has 2 heterocycles. The van der Waals surface area contributed by atoms with E-state index in [2.05, 4.69) is 27.4 Å². The fourth-order valence-electron chi connectivity index (χ4n) is 3.21. The van der Waals surface area contributed by atoms with Gasteiger partial charge in [-0.15, -0.1) is 0 Å². The number of hydrogen-bond donors (Lipinski definition) is 2. The van der Waals surface area contributed by atoms with Crippen LogP contribution in [0.15, 0.2) is 23.3 Å². The molecule has 8 heteroatoms. The van der Waals surface area contributed by atoms with Crippen LogP contribution >= 0.6 is 0 Å². The normalized spacial score (nSPS) is 19.5. The molecule has 1 aliphatic heterocycles. The summed E-state index contributed by atoms with van der Waals surface area (Å²) in [5, 5.41) is 6.30. The Morgan fingerprint density at radius 2 is 2.10 bits per heavy atom. The van der Waals surface area contributed by atoms with Crippen LogP contribution in [0.25, 0.3) is 0 Å². The fraction of sp³-hybridized carbons (Fsp3) is 0.682. The molecule has 1 saturated heterocycles. The number of carbonyl (C=O) groups excluding carboxylic acids is 1. The van der Waals surface area contributed by atoms with E-state index in [1.165, 1.54) is 12.8 Å². The molecule has 166 valence electrons. The van der Waals surface area contributed by atoms with Crippen molar-refractivity contribution in [2.45, 2.75) is 65.1 Å². The van der Waals surface area contributed by atoms with E-state index in [9.17, 15) is 4.79 Å². The molecule has 0 spiro atoms. The first-order chi connectivity index (χ1) is 14.3. The van der Waals surface area contributed by atoms with Crippen molar-refractivity contribution in [1.82, 2.24) is 20.5 Å². The molecule has 1 unspecified atom stereocenters. The number of aliphatic imine (C=N–C) groups is 1. The minimum Gasteiger partial charge on any atom is -0.477 e. The summed E-state index contributed by atoms with van der Waals surface area (Å²) >= 11 is 0. The van der Waals surface area contributed by atoms with Crippen LogP contribution in [0.1, 0.15) is 52.5 Å². The van der Waals surface area contributed by atoms with E-state index in [0.717, 1.165) is 37.6 Å². The summed E-state index contributed by atoms with van der Waals surface area (Å²) in [6.45, 7) is 11.3. The van der Waals surface area contributed by atoms with Gasteiger partial charge < -0.3 is 25.0 Å². The second kappa shape index (κ2) is 10.00. The number of guanidine groups is 1. The standard InChI is InChI=1S/C22H35N5O3/c1-5-23-20(27-11-10-18(14-27)26-21(28)30-22(2,3)4)25-13-17-8-9-19(24-12-17)29-15-16-6-7-16/h8-9,12,16,18H,5-7,10-11,13-15H2,1-4H3,(H,23,25)(H,26,28). The molecule has 0 bridgehead atoms. The Morgan fingerprint density at radius 3 is 2.73 bits per heavy atom. The van der Waals surface area contributed by atoms with E-state index < -0.39 is 5.60 Å². The molecule has 1 amide bonds. The van der Waals surface area contributed by atoms with E-state index in [0.29, 0.717) is 24.9 Å². The Balaban J connectivity index is 1.50. The van der Waals surface area contributed by atoms with Gasteiger partial charge in [-0.2, -0.15) is 0 Å². The highest BCUT2D eigenvalue weighted by molar-refractivity contribution is 5.80. The Kier molecular flexibility index (Phi) is 7.39. The third-order valence-corrected chi connectivity index (χ3v) is 4.92. The number of rotatable bonds is 7. The van der Waals surface area contributed by atoms with Crippen LogP contribution in [0.3, 0.4) is 0 Å². The summed E-state index contributed by atoms with van der Waals surface area (Å²) in [4.78, 5) is 23.3. The number of amides is 1. The summed E-state index contributed by atoms with van der Waals surface area (Å²) in [5.74, 6) is 2.24. The Labute approximate surface area is 179 Å². The molecule has 1 aliphatic carbocycles.